The van der Waals surface area contributed by atoms with Gasteiger partial charge in [0.05, 0.1) is 17.8 Å². The zero-order valence-corrected chi connectivity index (χ0v) is 13.5. The number of nitriles is 1. The molecular weight excluding hydrogens is 312 g/mol. The molecule has 2 rings (SSSR count). The molecule has 0 saturated carbocycles. The van der Waals surface area contributed by atoms with Crippen LogP contribution < -0.4 is 10.1 Å². The van der Waals surface area contributed by atoms with Crippen LogP contribution in [0.3, 0.4) is 0 Å². The van der Waals surface area contributed by atoms with E-state index in [9.17, 15) is 10.1 Å². The number of carbonyl (C=O) groups excluding carboxylic acids is 1. The zero-order chi connectivity index (χ0) is 16.8. The minimum absolute atomic E-state index is 0.0161. The second-order valence-electron chi connectivity index (χ2n) is 4.83. The largest absolute Gasteiger partial charge is 0.497 e. The molecule has 1 amide bonds. The number of hydrogen-bond donors (Lipinski definition) is 1. The van der Waals surface area contributed by atoms with Crippen molar-refractivity contribution in [3.63, 3.8) is 0 Å². The fourth-order valence-electron chi connectivity index (χ4n) is 2.02. The first-order valence-electron chi connectivity index (χ1n) is 6.87. The average molecular weight is 327 g/mol. The molecule has 0 aliphatic heterocycles. The number of nitrogens with zero attached hydrogens (tertiary/aromatic N) is 1. The number of para-hydroxylation sites is 1. The molecule has 0 unspecified atom stereocenters. The second-order valence-corrected chi connectivity index (χ2v) is 5.24. The zero-order valence-electron chi connectivity index (χ0n) is 12.8. The van der Waals surface area contributed by atoms with Crippen molar-refractivity contribution < 1.29 is 9.53 Å². The molecule has 0 heterocycles. The summed E-state index contributed by atoms with van der Waals surface area (Å²) in [7, 11) is 1.56. The van der Waals surface area contributed by atoms with Crippen LogP contribution in [-0.4, -0.2) is 13.0 Å². The molecule has 0 atom stereocenters. The van der Waals surface area contributed by atoms with Gasteiger partial charge in [-0.25, -0.2) is 0 Å². The molecule has 0 aliphatic carbocycles. The Labute approximate surface area is 140 Å². The topological polar surface area (TPSA) is 62.1 Å². The molecule has 5 heteroatoms. The molecule has 4 nitrogen and oxygen atoms in total. The van der Waals surface area contributed by atoms with Crippen LogP contribution in [0.5, 0.6) is 5.75 Å². The molecule has 0 aliphatic rings. The molecule has 2 aromatic rings. The number of benzene rings is 2. The molecule has 0 aromatic heterocycles. The highest BCUT2D eigenvalue weighted by molar-refractivity contribution is 6.34. The summed E-state index contributed by atoms with van der Waals surface area (Å²) >= 11 is 6.09. The van der Waals surface area contributed by atoms with E-state index >= 15 is 0 Å². The number of rotatable bonds is 4. The maximum atomic E-state index is 12.3. The van der Waals surface area contributed by atoms with Crippen molar-refractivity contribution in [3.05, 3.63) is 64.2 Å². The third-order valence-corrected chi connectivity index (χ3v) is 3.55. The van der Waals surface area contributed by atoms with Crippen LogP contribution in [0.2, 0.25) is 5.02 Å². The van der Waals surface area contributed by atoms with Crippen molar-refractivity contribution in [2.24, 2.45) is 0 Å². The Balaban J connectivity index is 2.28. The van der Waals surface area contributed by atoms with Gasteiger partial charge in [-0.2, -0.15) is 5.26 Å². The number of halogens is 1. The van der Waals surface area contributed by atoms with E-state index in [1.54, 1.807) is 43.5 Å². The molecule has 0 fully saturated rings. The predicted octanol–water partition coefficient (Wildman–Crippen LogP) is 4.20. The van der Waals surface area contributed by atoms with Crippen molar-refractivity contribution in [3.8, 4) is 11.8 Å². The summed E-state index contributed by atoms with van der Waals surface area (Å²) in [6.45, 7) is 1.83. The van der Waals surface area contributed by atoms with E-state index in [2.05, 4.69) is 5.32 Å². The van der Waals surface area contributed by atoms with Crippen LogP contribution in [-0.2, 0) is 4.79 Å². The van der Waals surface area contributed by atoms with Gasteiger partial charge < -0.3 is 10.1 Å². The Kier molecular flexibility index (Phi) is 5.40. The van der Waals surface area contributed by atoms with Gasteiger partial charge in [-0.3, -0.25) is 4.79 Å². The summed E-state index contributed by atoms with van der Waals surface area (Å²) in [5, 5.41) is 12.4. The molecule has 23 heavy (non-hydrogen) atoms. The lowest BCUT2D eigenvalue weighted by molar-refractivity contribution is -0.112. The summed E-state index contributed by atoms with van der Waals surface area (Å²) in [5.74, 6) is 0.143. The van der Waals surface area contributed by atoms with E-state index < -0.39 is 5.91 Å². The van der Waals surface area contributed by atoms with Crippen LogP contribution in [0.25, 0.3) is 6.08 Å². The number of carbonyl (C=O) groups is 1. The summed E-state index contributed by atoms with van der Waals surface area (Å²) in [6.07, 6.45) is 1.50. The highest BCUT2D eigenvalue weighted by Crippen LogP contribution is 2.26. The number of aryl methyl sites for hydroxylation is 1. The fourth-order valence-corrected chi connectivity index (χ4v) is 2.29. The van der Waals surface area contributed by atoms with Gasteiger partial charge >= 0.3 is 0 Å². The lowest BCUT2D eigenvalue weighted by Crippen LogP contribution is -2.14. The first-order chi connectivity index (χ1) is 11.0. The third kappa shape index (κ3) is 4.12. The standard InChI is InChI=1S/C18H15ClN2O2/c1-12-5-3-8-16(19)17(12)21-18(22)14(11-20)9-13-6-4-7-15(10-13)23-2/h3-10H,1-2H3,(H,21,22)/b14-9+. The van der Waals surface area contributed by atoms with E-state index in [0.29, 0.717) is 22.0 Å². The predicted molar refractivity (Wildman–Crippen MR) is 91.4 cm³/mol. The Morgan fingerprint density at radius 2 is 2.04 bits per heavy atom. The highest BCUT2D eigenvalue weighted by Gasteiger charge is 2.13. The van der Waals surface area contributed by atoms with E-state index in [0.717, 1.165) is 5.56 Å². The minimum Gasteiger partial charge on any atom is -0.497 e. The number of nitrogens with one attached hydrogen (secondary N) is 1. The fraction of sp³-hybridized carbons (Fsp3) is 0.111. The van der Waals surface area contributed by atoms with Gasteiger partial charge in [0.25, 0.3) is 5.91 Å². The summed E-state index contributed by atoms with van der Waals surface area (Å²) < 4.78 is 5.13. The molecule has 116 valence electrons. The highest BCUT2D eigenvalue weighted by atomic mass is 35.5. The van der Waals surface area contributed by atoms with E-state index in [1.165, 1.54) is 6.08 Å². The molecule has 0 bridgehead atoms. The van der Waals surface area contributed by atoms with Gasteiger partial charge in [-0.1, -0.05) is 35.9 Å². The Morgan fingerprint density at radius 3 is 2.70 bits per heavy atom. The van der Waals surface area contributed by atoms with Gasteiger partial charge in [-0.05, 0) is 42.3 Å². The van der Waals surface area contributed by atoms with Crippen LogP contribution in [0, 0.1) is 18.3 Å². The van der Waals surface area contributed by atoms with Crippen LogP contribution in [0.1, 0.15) is 11.1 Å². The number of ether oxygens (including phenoxy) is 1. The molecule has 0 spiro atoms. The van der Waals surface area contributed by atoms with Gasteiger partial charge in [0.2, 0.25) is 0 Å². The Morgan fingerprint density at radius 1 is 1.30 bits per heavy atom. The van der Waals surface area contributed by atoms with Gasteiger partial charge in [0.1, 0.15) is 17.4 Å². The average Bonchev–Trinajstić information content (AvgIpc) is 2.56. The molecule has 0 saturated heterocycles. The summed E-state index contributed by atoms with van der Waals surface area (Å²) in [5.41, 5.74) is 2.01. The van der Waals surface area contributed by atoms with Gasteiger partial charge in [-0.15, -0.1) is 0 Å². The second kappa shape index (κ2) is 7.48. The van der Waals surface area contributed by atoms with Crippen molar-refractivity contribution in [2.75, 3.05) is 12.4 Å². The molecule has 2 aromatic carbocycles. The SMILES string of the molecule is COc1cccc(/C=C(\C#N)C(=O)Nc2c(C)cccc2Cl)c1. The first kappa shape index (κ1) is 16.6. The lowest BCUT2D eigenvalue weighted by Gasteiger charge is -2.09. The number of methoxy groups -OCH3 is 1. The van der Waals surface area contributed by atoms with Crippen molar-refractivity contribution in [2.45, 2.75) is 6.92 Å². The van der Waals surface area contributed by atoms with E-state index in [1.807, 2.05) is 19.1 Å². The van der Waals surface area contributed by atoms with E-state index in [4.69, 9.17) is 16.3 Å². The monoisotopic (exact) mass is 326 g/mol. The first-order valence-corrected chi connectivity index (χ1v) is 7.25. The van der Waals surface area contributed by atoms with Crippen LogP contribution in [0.4, 0.5) is 5.69 Å². The van der Waals surface area contributed by atoms with Gasteiger partial charge in [0, 0.05) is 0 Å². The van der Waals surface area contributed by atoms with Crippen molar-refractivity contribution in [1.82, 2.24) is 0 Å². The van der Waals surface area contributed by atoms with Crippen molar-refractivity contribution in [1.29, 1.82) is 5.26 Å². The summed E-state index contributed by atoms with van der Waals surface area (Å²) in [4.78, 5) is 12.3. The Bertz CT molecular complexity index is 787. The van der Waals surface area contributed by atoms with Crippen LogP contribution in [0.15, 0.2) is 48.0 Å². The van der Waals surface area contributed by atoms with Gasteiger partial charge in [0.15, 0.2) is 0 Å². The number of hydrogen-bond acceptors (Lipinski definition) is 3. The quantitative estimate of drug-likeness (QED) is 0.676. The van der Waals surface area contributed by atoms with Crippen LogP contribution >= 0.6 is 11.6 Å². The third-order valence-electron chi connectivity index (χ3n) is 3.23. The molecule has 1 N–H and O–H groups in total. The summed E-state index contributed by atoms with van der Waals surface area (Å²) in [6, 6.07) is 14.3. The molecular formula is C18H15ClN2O2. The lowest BCUT2D eigenvalue weighted by atomic mass is 10.1. The maximum absolute atomic E-state index is 12.3. The number of anilines is 1. The molecule has 0 radical (unpaired) electrons. The normalized spacial score (nSPS) is 10.8. The smallest absolute Gasteiger partial charge is 0.266 e. The number of amides is 1. The Hall–Kier alpha value is -2.77. The van der Waals surface area contributed by atoms with Crippen molar-refractivity contribution >= 4 is 29.3 Å². The maximum Gasteiger partial charge on any atom is 0.266 e. The van der Waals surface area contributed by atoms with E-state index in [-0.39, 0.29) is 5.57 Å². The minimum atomic E-state index is -0.508.